The molecule has 24 heavy (non-hydrogen) atoms. The fraction of sp³-hybridized carbons (Fsp3) is 0.467. The van der Waals surface area contributed by atoms with Gasteiger partial charge in [0.25, 0.3) is 5.91 Å². The first-order valence-corrected chi connectivity index (χ1v) is 8.96. The van der Waals surface area contributed by atoms with Gasteiger partial charge in [-0.3, -0.25) is 4.79 Å². The Morgan fingerprint density at radius 1 is 1.38 bits per heavy atom. The molecule has 1 aromatic carbocycles. The molecule has 0 bridgehead atoms. The van der Waals surface area contributed by atoms with Crippen LogP contribution in [0.25, 0.3) is 0 Å². The second-order valence-electron chi connectivity index (χ2n) is 5.55. The van der Waals surface area contributed by atoms with Gasteiger partial charge in [-0.1, -0.05) is 6.07 Å². The summed E-state index contributed by atoms with van der Waals surface area (Å²) in [6.07, 6.45) is 1.52. The molecule has 132 valence electrons. The minimum atomic E-state index is -3.76. The molecule has 8 nitrogen and oxygen atoms in total. The van der Waals surface area contributed by atoms with Crippen molar-refractivity contribution >= 4 is 21.9 Å². The zero-order valence-corrected chi connectivity index (χ0v) is 14.0. The highest BCUT2D eigenvalue weighted by Gasteiger charge is 2.37. The maximum Gasteiger partial charge on any atom is 0.326 e. The molecule has 1 atom stereocenters. The minimum Gasteiger partial charge on any atom is -0.480 e. The number of hydrogen-bond donors (Lipinski definition) is 3. The average molecular weight is 356 g/mol. The number of hydrogen-bond acceptors (Lipinski definition) is 5. The first-order valence-electron chi connectivity index (χ1n) is 7.47. The third-order valence-electron chi connectivity index (χ3n) is 3.65. The SMILES string of the molecule is COCCNS(=O)(=O)c1cccc(C(=O)NC(C(=O)O)C2CC2)c1. The van der Waals surface area contributed by atoms with Crippen molar-refractivity contribution in [1.82, 2.24) is 10.0 Å². The van der Waals surface area contributed by atoms with Gasteiger partial charge in [0.15, 0.2) is 0 Å². The second-order valence-corrected chi connectivity index (χ2v) is 7.31. The van der Waals surface area contributed by atoms with Crippen molar-refractivity contribution < 1.29 is 27.9 Å². The standard InChI is InChI=1S/C15H20N2O6S/c1-23-8-7-16-24(21,22)12-4-2-3-11(9-12)14(18)17-13(15(19)20)10-5-6-10/h2-4,9-10,13,16H,5-8H2,1H3,(H,17,18)(H,19,20). The van der Waals surface area contributed by atoms with Crippen LogP contribution in [0.15, 0.2) is 29.2 Å². The van der Waals surface area contributed by atoms with Crippen LogP contribution >= 0.6 is 0 Å². The predicted molar refractivity (Wildman–Crippen MR) is 85.1 cm³/mol. The third-order valence-corrected chi connectivity index (χ3v) is 5.11. The lowest BCUT2D eigenvalue weighted by Gasteiger charge is -2.14. The summed E-state index contributed by atoms with van der Waals surface area (Å²) in [7, 11) is -2.31. The summed E-state index contributed by atoms with van der Waals surface area (Å²) >= 11 is 0. The smallest absolute Gasteiger partial charge is 0.326 e. The van der Waals surface area contributed by atoms with E-state index < -0.39 is 27.9 Å². The Labute approximate surface area is 140 Å². The molecule has 0 aliphatic heterocycles. The van der Waals surface area contributed by atoms with Crippen molar-refractivity contribution in [2.24, 2.45) is 5.92 Å². The normalized spacial score (nSPS) is 15.7. The number of sulfonamides is 1. The monoisotopic (exact) mass is 356 g/mol. The highest BCUT2D eigenvalue weighted by atomic mass is 32.2. The molecule has 1 aliphatic carbocycles. The van der Waals surface area contributed by atoms with E-state index in [9.17, 15) is 18.0 Å². The average Bonchev–Trinajstić information content (AvgIpc) is 3.37. The van der Waals surface area contributed by atoms with E-state index in [1.54, 1.807) is 0 Å². The van der Waals surface area contributed by atoms with Gasteiger partial charge in [-0.05, 0) is 37.0 Å². The molecule has 1 saturated carbocycles. The maximum absolute atomic E-state index is 12.2. The van der Waals surface area contributed by atoms with Crippen LogP contribution in [0.2, 0.25) is 0 Å². The Kier molecular flexibility index (Phi) is 5.92. The highest BCUT2D eigenvalue weighted by Crippen LogP contribution is 2.32. The first kappa shape index (κ1) is 18.4. The van der Waals surface area contributed by atoms with Gasteiger partial charge in [-0.25, -0.2) is 17.9 Å². The molecule has 1 aliphatic rings. The van der Waals surface area contributed by atoms with Gasteiger partial charge in [0.2, 0.25) is 10.0 Å². The van der Waals surface area contributed by atoms with Crippen molar-refractivity contribution in [2.45, 2.75) is 23.8 Å². The van der Waals surface area contributed by atoms with Crippen molar-refractivity contribution in [3.05, 3.63) is 29.8 Å². The Balaban J connectivity index is 2.11. The number of carbonyl (C=O) groups is 2. The summed E-state index contributed by atoms with van der Waals surface area (Å²) in [5.41, 5.74) is 0.0940. The molecular formula is C15H20N2O6S. The van der Waals surface area contributed by atoms with Crippen LogP contribution < -0.4 is 10.0 Å². The van der Waals surface area contributed by atoms with Crippen LogP contribution in [0.1, 0.15) is 23.2 Å². The molecular weight excluding hydrogens is 336 g/mol. The molecule has 0 radical (unpaired) electrons. The molecule has 1 aromatic rings. The molecule has 1 amide bonds. The van der Waals surface area contributed by atoms with Crippen LogP contribution in [0.4, 0.5) is 0 Å². The van der Waals surface area contributed by atoms with E-state index in [4.69, 9.17) is 9.84 Å². The van der Waals surface area contributed by atoms with Crippen molar-refractivity contribution in [3.8, 4) is 0 Å². The zero-order valence-electron chi connectivity index (χ0n) is 13.2. The number of amides is 1. The molecule has 3 N–H and O–H groups in total. The quantitative estimate of drug-likeness (QED) is 0.544. The fourth-order valence-corrected chi connectivity index (χ4v) is 3.26. The summed E-state index contributed by atoms with van der Waals surface area (Å²) < 4.78 is 31.4. The minimum absolute atomic E-state index is 0.0610. The van der Waals surface area contributed by atoms with Crippen LogP contribution in [-0.2, 0) is 19.6 Å². The summed E-state index contributed by atoms with van der Waals surface area (Å²) in [6, 6.07) is 4.51. The molecule has 0 aromatic heterocycles. The van der Waals surface area contributed by atoms with Gasteiger partial charge < -0.3 is 15.2 Å². The number of rotatable bonds is 9. The van der Waals surface area contributed by atoms with Crippen LogP contribution in [-0.4, -0.2) is 51.7 Å². The van der Waals surface area contributed by atoms with Gasteiger partial charge in [0.1, 0.15) is 6.04 Å². The lowest BCUT2D eigenvalue weighted by molar-refractivity contribution is -0.139. The van der Waals surface area contributed by atoms with Gasteiger partial charge in [-0.15, -0.1) is 0 Å². The predicted octanol–water partition coefficient (Wildman–Crippen LogP) is 0.204. The molecule has 9 heteroatoms. The van der Waals surface area contributed by atoms with Crippen LogP contribution in [0, 0.1) is 5.92 Å². The van der Waals surface area contributed by atoms with E-state index in [0.717, 1.165) is 12.8 Å². The Morgan fingerprint density at radius 3 is 2.67 bits per heavy atom. The molecule has 0 heterocycles. The summed E-state index contributed by atoms with van der Waals surface area (Å²) in [5.74, 6) is -1.76. The first-order chi connectivity index (χ1) is 11.3. The van der Waals surface area contributed by atoms with E-state index in [2.05, 4.69) is 10.0 Å². The maximum atomic E-state index is 12.2. The number of carboxylic acids is 1. The van der Waals surface area contributed by atoms with E-state index in [0.29, 0.717) is 0 Å². The summed E-state index contributed by atoms with van der Waals surface area (Å²) in [5, 5.41) is 11.6. The number of nitrogens with one attached hydrogen (secondary N) is 2. The lowest BCUT2D eigenvalue weighted by Crippen LogP contribution is -2.42. The fourth-order valence-electron chi connectivity index (χ4n) is 2.20. The molecule has 0 spiro atoms. The third kappa shape index (κ3) is 4.76. The van der Waals surface area contributed by atoms with E-state index in [1.807, 2.05) is 0 Å². The lowest BCUT2D eigenvalue weighted by atomic mass is 10.1. The number of methoxy groups -OCH3 is 1. The van der Waals surface area contributed by atoms with E-state index in [-0.39, 0.29) is 29.5 Å². The zero-order chi connectivity index (χ0) is 17.7. The van der Waals surface area contributed by atoms with Gasteiger partial charge >= 0.3 is 5.97 Å². The number of ether oxygens (including phenoxy) is 1. The topological polar surface area (TPSA) is 122 Å². The van der Waals surface area contributed by atoms with Crippen molar-refractivity contribution in [3.63, 3.8) is 0 Å². The number of benzene rings is 1. The van der Waals surface area contributed by atoms with Gasteiger partial charge in [-0.2, -0.15) is 0 Å². The van der Waals surface area contributed by atoms with Crippen molar-refractivity contribution in [2.75, 3.05) is 20.3 Å². The molecule has 1 unspecified atom stereocenters. The number of aliphatic carboxylic acids is 1. The van der Waals surface area contributed by atoms with Gasteiger partial charge in [0.05, 0.1) is 11.5 Å². The number of carboxylic acid groups (broad SMARTS) is 1. The van der Waals surface area contributed by atoms with E-state index >= 15 is 0 Å². The van der Waals surface area contributed by atoms with Crippen LogP contribution in [0.3, 0.4) is 0 Å². The Bertz CT molecular complexity index is 714. The Hall–Kier alpha value is -1.97. The largest absolute Gasteiger partial charge is 0.480 e. The van der Waals surface area contributed by atoms with Gasteiger partial charge in [0, 0.05) is 19.2 Å². The summed E-state index contributed by atoms with van der Waals surface area (Å²) in [6.45, 7) is 0.332. The van der Waals surface area contributed by atoms with Crippen molar-refractivity contribution in [1.29, 1.82) is 0 Å². The molecule has 1 fully saturated rings. The number of carbonyl (C=O) groups excluding carboxylic acids is 1. The van der Waals surface area contributed by atoms with Crippen LogP contribution in [0.5, 0.6) is 0 Å². The Morgan fingerprint density at radius 2 is 2.08 bits per heavy atom. The van der Waals surface area contributed by atoms with E-state index in [1.165, 1.54) is 31.4 Å². The molecule has 2 rings (SSSR count). The highest BCUT2D eigenvalue weighted by molar-refractivity contribution is 7.89. The summed E-state index contributed by atoms with van der Waals surface area (Å²) in [4.78, 5) is 23.3. The molecule has 0 saturated heterocycles. The second kappa shape index (κ2) is 7.73.